The number of methoxy groups -OCH3 is 1. The van der Waals surface area contributed by atoms with E-state index in [2.05, 4.69) is 0 Å². The van der Waals surface area contributed by atoms with E-state index in [4.69, 9.17) is 14.6 Å². The molecule has 7 nitrogen and oxygen atoms in total. The minimum Gasteiger partial charge on any atom is -0.480 e. The number of hydrogen-bond donors (Lipinski definition) is 1. The van der Waals surface area contributed by atoms with Gasteiger partial charge >= 0.3 is 12.0 Å². The SMILES string of the molecule is COCCN(CC(=O)O)C(=O)N1CCCOCC1. The zero-order valence-corrected chi connectivity index (χ0v) is 10.6. The summed E-state index contributed by atoms with van der Waals surface area (Å²) in [5, 5.41) is 8.81. The van der Waals surface area contributed by atoms with Gasteiger partial charge in [-0.2, -0.15) is 0 Å². The van der Waals surface area contributed by atoms with Crippen LogP contribution in [-0.2, 0) is 14.3 Å². The van der Waals surface area contributed by atoms with Gasteiger partial charge in [0.2, 0.25) is 0 Å². The molecule has 1 rings (SSSR count). The molecule has 0 radical (unpaired) electrons. The van der Waals surface area contributed by atoms with Gasteiger partial charge in [0.25, 0.3) is 0 Å². The van der Waals surface area contributed by atoms with Crippen molar-refractivity contribution in [1.29, 1.82) is 0 Å². The van der Waals surface area contributed by atoms with Crippen LogP contribution in [-0.4, -0.2) is 80.0 Å². The van der Waals surface area contributed by atoms with Gasteiger partial charge in [-0.05, 0) is 6.42 Å². The number of carbonyl (C=O) groups excluding carboxylic acids is 1. The van der Waals surface area contributed by atoms with Gasteiger partial charge in [-0.3, -0.25) is 4.79 Å². The molecule has 1 aliphatic heterocycles. The predicted octanol–water partition coefficient (Wildman–Crippen LogP) is -0.138. The zero-order valence-electron chi connectivity index (χ0n) is 10.6. The summed E-state index contributed by atoms with van der Waals surface area (Å²) < 4.78 is 10.1. The van der Waals surface area contributed by atoms with E-state index in [0.717, 1.165) is 6.42 Å². The summed E-state index contributed by atoms with van der Waals surface area (Å²) >= 11 is 0. The number of urea groups is 1. The Hall–Kier alpha value is -1.34. The highest BCUT2D eigenvalue weighted by molar-refractivity contribution is 5.80. The third kappa shape index (κ3) is 4.89. The highest BCUT2D eigenvalue weighted by Gasteiger charge is 2.23. The number of aliphatic carboxylic acids is 1. The molecule has 0 bridgehead atoms. The fourth-order valence-electron chi connectivity index (χ4n) is 1.74. The normalized spacial score (nSPS) is 16.2. The van der Waals surface area contributed by atoms with Crippen molar-refractivity contribution in [2.75, 3.05) is 53.1 Å². The molecule has 1 fully saturated rings. The summed E-state index contributed by atoms with van der Waals surface area (Å²) in [5.41, 5.74) is 0. The van der Waals surface area contributed by atoms with Crippen molar-refractivity contribution in [3.63, 3.8) is 0 Å². The van der Waals surface area contributed by atoms with Crippen LogP contribution in [0, 0.1) is 0 Å². The van der Waals surface area contributed by atoms with E-state index >= 15 is 0 Å². The fraction of sp³-hybridized carbons (Fsp3) is 0.818. The average Bonchev–Trinajstić information content (AvgIpc) is 2.61. The molecule has 0 unspecified atom stereocenters. The monoisotopic (exact) mass is 260 g/mol. The molecule has 0 saturated carbocycles. The summed E-state index contributed by atoms with van der Waals surface area (Å²) in [5.74, 6) is -1.02. The molecule has 1 heterocycles. The van der Waals surface area contributed by atoms with Crippen molar-refractivity contribution in [3.05, 3.63) is 0 Å². The molecule has 0 aliphatic carbocycles. The van der Waals surface area contributed by atoms with E-state index in [1.807, 2.05) is 0 Å². The molecular weight excluding hydrogens is 240 g/mol. The lowest BCUT2D eigenvalue weighted by atomic mass is 10.4. The average molecular weight is 260 g/mol. The Labute approximate surface area is 106 Å². The van der Waals surface area contributed by atoms with Crippen LogP contribution in [0.2, 0.25) is 0 Å². The van der Waals surface area contributed by atoms with E-state index in [1.54, 1.807) is 4.90 Å². The molecule has 104 valence electrons. The second-order valence-electron chi connectivity index (χ2n) is 4.04. The Morgan fingerprint density at radius 3 is 2.83 bits per heavy atom. The molecule has 0 aromatic heterocycles. The second kappa shape index (κ2) is 7.88. The van der Waals surface area contributed by atoms with Crippen molar-refractivity contribution in [1.82, 2.24) is 9.80 Å². The third-order valence-corrected chi connectivity index (χ3v) is 2.65. The standard InChI is InChI=1S/C11H20N2O5/c1-17-7-4-13(9-10(14)15)11(16)12-3-2-6-18-8-5-12/h2-9H2,1H3,(H,14,15). The first-order chi connectivity index (χ1) is 8.65. The van der Waals surface area contributed by atoms with E-state index in [-0.39, 0.29) is 19.1 Å². The van der Waals surface area contributed by atoms with Crippen LogP contribution in [0.3, 0.4) is 0 Å². The second-order valence-corrected chi connectivity index (χ2v) is 4.04. The molecule has 7 heteroatoms. The van der Waals surface area contributed by atoms with Crippen molar-refractivity contribution < 1.29 is 24.2 Å². The summed E-state index contributed by atoms with van der Waals surface area (Å²) in [6.07, 6.45) is 0.775. The van der Waals surface area contributed by atoms with Gasteiger partial charge in [0.1, 0.15) is 6.54 Å². The lowest BCUT2D eigenvalue weighted by Crippen LogP contribution is -2.47. The minimum atomic E-state index is -1.02. The Morgan fingerprint density at radius 2 is 2.17 bits per heavy atom. The fourth-order valence-corrected chi connectivity index (χ4v) is 1.74. The molecule has 0 spiro atoms. The van der Waals surface area contributed by atoms with Gasteiger partial charge < -0.3 is 24.4 Å². The number of hydrogen-bond acceptors (Lipinski definition) is 4. The van der Waals surface area contributed by atoms with E-state index in [0.29, 0.717) is 32.9 Å². The van der Waals surface area contributed by atoms with Crippen molar-refractivity contribution in [2.24, 2.45) is 0 Å². The number of rotatable bonds is 5. The van der Waals surface area contributed by atoms with E-state index < -0.39 is 5.97 Å². The van der Waals surface area contributed by atoms with Gasteiger partial charge in [-0.15, -0.1) is 0 Å². The molecule has 2 amide bonds. The molecule has 18 heavy (non-hydrogen) atoms. The minimum absolute atomic E-state index is 0.264. The van der Waals surface area contributed by atoms with Crippen LogP contribution in [0.1, 0.15) is 6.42 Å². The number of amides is 2. The van der Waals surface area contributed by atoms with E-state index in [1.165, 1.54) is 12.0 Å². The first-order valence-corrected chi connectivity index (χ1v) is 5.97. The number of carboxylic acids is 1. The maximum absolute atomic E-state index is 12.2. The quantitative estimate of drug-likeness (QED) is 0.744. The van der Waals surface area contributed by atoms with Crippen LogP contribution in [0.15, 0.2) is 0 Å². The Kier molecular flexibility index (Phi) is 6.45. The topological polar surface area (TPSA) is 79.3 Å². The molecule has 1 aliphatic rings. The van der Waals surface area contributed by atoms with Gasteiger partial charge in [0.15, 0.2) is 0 Å². The summed E-state index contributed by atoms with van der Waals surface area (Å²) in [6, 6.07) is -0.264. The summed E-state index contributed by atoms with van der Waals surface area (Å²) in [6.45, 7) is 2.53. The highest BCUT2D eigenvalue weighted by atomic mass is 16.5. The third-order valence-electron chi connectivity index (χ3n) is 2.65. The van der Waals surface area contributed by atoms with Crippen LogP contribution >= 0.6 is 0 Å². The zero-order chi connectivity index (χ0) is 13.4. The van der Waals surface area contributed by atoms with Crippen LogP contribution in [0.25, 0.3) is 0 Å². The van der Waals surface area contributed by atoms with Gasteiger partial charge in [0.05, 0.1) is 13.2 Å². The van der Waals surface area contributed by atoms with Gasteiger partial charge in [-0.25, -0.2) is 4.79 Å². The molecular formula is C11H20N2O5. The lowest BCUT2D eigenvalue weighted by Gasteiger charge is -2.28. The maximum atomic E-state index is 12.2. The Bertz CT molecular complexity index is 277. The summed E-state index contributed by atoms with van der Waals surface area (Å²) in [4.78, 5) is 25.8. The molecule has 1 saturated heterocycles. The van der Waals surface area contributed by atoms with Crippen LogP contribution in [0.4, 0.5) is 4.79 Å². The van der Waals surface area contributed by atoms with Crippen LogP contribution in [0.5, 0.6) is 0 Å². The number of ether oxygens (including phenoxy) is 2. The van der Waals surface area contributed by atoms with Crippen molar-refractivity contribution in [2.45, 2.75) is 6.42 Å². The predicted molar refractivity (Wildman–Crippen MR) is 63.5 cm³/mol. The first kappa shape index (κ1) is 14.7. The van der Waals surface area contributed by atoms with E-state index in [9.17, 15) is 9.59 Å². The summed E-state index contributed by atoms with van der Waals surface area (Å²) in [7, 11) is 1.52. The number of nitrogens with zero attached hydrogens (tertiary/aromatic N) is 2. The maximum Gasteiger partial charge on any atom is 0.323 e. The van der Waals surface area contributed by atoms with Crippen LogP contribution < -0.4 is 0 Å². The molecule has 1 N–H and O–H groups in total. The lowest BCUT2D eigenvalue weighted by molar-refractivity contribution is -0.137. The first-order valence-electron chi connectivity index (χ1n) is 5.97. The van der Waals surface area contributed by atoms with Gasteiger partial charge in [-0.1, -0.05) is 0 Å². The largest absolute Gasteiger partial charge is 0.480 e. The van der Waals surface area contributed by atoms with Gasteiger partial charge in [0, 0.05) is 33.4 Å². The molecule has 0 aromatic rings. The number of carbonyl (C=O) groups is 2. The molecule has 0 aromatic carbocycles. The Balaban J connectivity index is 2.57. The van der Waals surface area contributed by atoms with Crippen molar-refractivity contribution in [3.8, 4) is 0 Å². The highest BCUT2D eigenvalue weighted by Crippen LogP contribution is 2.04. The Morgan fingerprint density at radius 1 is 1.39 bits per heavy atom. The number of carboxylic acid groups (broad SMARTS) is 1. The smallest absolute Gasteiger partial charge is 0.323 e. The molecule has 0 atom stereocenters. The van der Waals surface area contributed by atoms with Crippen molar-refractivity contribution >= 4 is 12.0 Å².